The number of rotatable bonds is 2. The zero-order valence-electron chi connectivity index (χ0n) is 15.8. The molecule has 0 radical (unpaired) electrons. The second-order valence-corrected chi connectivity index (χ2v) is 9.05. The molecule has 4 unspecified atom stereocenters. The molecule has 4 atom stereocenters. The summed E-state index contributed by atoms with van der Waals surface area (Å²) in [6, 6.07) is 1.04. The number of hydrazone groups is 1. The van der Waals surface area contributed by atoms with Gasteiger partial charge < -0.3 is 30.7 Å². The summed E-state index contributed by atoms with van der Waals surface area (Å²) >= 11 is 18.5. The molecule has 2 aliphatic heterocycles. The van der Waals surface area contributed by atoms with E-state index in [0.29, 0.717) is 26.7 Å². The van der Waals surface area contributed by atoms with Crippen LogP contribution >= 0.6 is 24.8 Å². The van der Waals surface area contributed by atoms with Gasteiger partial charge in [-0.25, -0.2) is 14.5 Å². The fraction of sp³-hybridized carbons (Fsp3) is 0.875. The summed E-state index contributed by atoms with van der Waals surface area (Å²) in [5, 5.41) is 8.36. The first-order valence-electron chi connectivity index (χ1n) is 8.67. The maximum Gasteiger partial charge on any atom is 2.00 e. The van der Waals surface area contributed by atoms with Crippen LogP contribution in [0.4, 0.5) is 0 Å². The third kappa shape index (κ3) is 9.47. The van der Waals surface area contributed by atoms with Crippen LogP contribution in [0.15, 0.2) is 5.10 Å². The number of nitrogens with zero attached hydrogens (tertiary/aromatic N) is 3. The van der Waals surface area contributed by atoms with E-state index in [0.717, 1.165) is 19.0 Å². The molecule has 0 bridgehead atoms. The van der Waals surface area contributed by atoms with Gasteiger partial charge in [-0.15, -0.1) is 12.6 Å². The van der Waals surface area contributed by atoms with Crippen molar-refractivity contribution in [3.63, 3.8) is 0 Å². The predicted molar refractivity (Wildman–Crippen MR) is 116 cm³/mol. The van der Waals surface area contributed by atoms with Gasteiger partial charge in [-0.1, -0.05) is 26.1 Å². The molecule has 0 saturated carbocycles. The van der Waals surface area contributed by atoms with Gasteiger partial charge >= 0.3 is 19.5 Å². The van der Waals surface area contributed by atoms with Crippen molar-refractivity contribution in [1.82, 2.24) is 15.4 Å². The Hall–Kier alpha value is 0.733. The first-order chi connectivity index (χ1) is 11.2. The first-order valence-corrected chi connectivity index (χ1v) is 10.3. The maximum atomic E-state index is 4.88. The molecule has 2 heterocycles. The van der Waals surface area contributed by atoms with Crippen LogP contribution in [-0.4, -0.2) is 43.9 Å². The second kappa shape index (κ2) is 13.0. The summed E-state index contributed by atoms with van der Waals surface area (Å²) in [7, 11) is 0. The standard InChI is InChI=1S/2C8H16N2S2.Zn/c2*1-6-4-3-5-10(7(6)2)9-8(11)12;/h2*6-7H,3-5H2,1-2H3,(H2,9,11,12);/q;;+2/p-2. The number of piperidine rings is 2. The van der Waals surface area contributed by atoms with Crippen molar-refractivity contribution in [3.8, 4) is 0 Å². The van der Waals surface area contributed by atoms with Gasteiger partial charge in [0.25, 0.3) is 0 Å². The van der Waals surface area contributed by atoms with E-state index in [2.05, 4.69) is 55.9 Å². The molecule has 2 saturated heterocycles. The van der Waals surface area contributed by atoms with Gasteiger partial charge in [0.2, 0.25) is 0 Å². The minimum absolute atomic E-state index is 0. The molecular formula is C16H30N4S4Zn. The fourth-order valence-corrected chi connectivity index (χ4v) is 3.63. The number of hydrogen-bond acceptors (Lipinski definition) is 6. The van der Waals surface area contributed by atoms with E-state index in [-0.39, 0.29) is 19.5 Å². The van der Waals surface area contributed by atoms with Crippen molar-refractivity contribution >= 4 is 58.8 Å². The van der Waals surface area contributed by atoms with E-state index in [4.69, 9.17) is 37.5 Å². The average molecular weight is 472 g/mol. The Labute approximate surface area is 188 Å². The SMILES string of the molecule is CC1CCCN(N=C([S-])[S-])C1C.CC1CCCN(NC(=S)S)C1C.[Zn+2]. The third-order valence-corrected chi connectivity index (χ3v) is 5.52. The summed E-state index contributed by atoms with van der Waals surface area (Å²) in [4.78, 5) is 0. The zero-order chi connectivity index (χ0) is 18.3. The molecule has 0 amide bonds. The Kier molecular flexibility index (Phi) is 13.4. The molecule has 4 nitrogen and oxygen atoms in total. The Morgan fingerprint density at radius 3 is 2.08 bits per heavy atom. The van der Waals surface area contributed by atoms with Crippen LogP contribution in [0.2, 0.25) is 0 Å². The monoisotopic (exact) mass is 470 g/mol. The molecule has 140 valence electrons. The molecule has 2 rings (SSSR count). The summed E-state index contributed by atoms with van der Waals surface area (Å²) in [5.41, 5.74) is 3.09. The van der Waals surface area contributed by atoms with E-state index in [1.54, 1.807) is 0 Å². The van der Waals surface area contributed by atoms with E-state index in [1.807, 2.05) is 5.01 Å². The molecule has 0 aromatic rings. The van der Waals surface area contributed by atoms with E-state index in [1.165, 1.54) is 25.7 Å². The van der Waals surface area contributed by atoms with Crippen LogP contribution in [0.5, 0.6) is 0 Å². The maximum absolute atomic E-state index is 4.88. The number of thiocarbonyl (C=S) groups is 1. The van der Waals surface area contributed by atoms with Crippen LogP contribution in [0.3, 0.4) is 0 Å². The molecular weight excluding hydrogens is 442 g/mol. The van der Waals surface area contributed by atoms with Gasteiger partial charge in [-0.2, -0.15) is 0 Å². The summed E-state index contributed by atoms with van der Waals surface area (Å²) in [5.74, 6) is 1.45. The van der Waals surface area contributed by atoms with Crippen molar-refractivity contribution in [1.29, 1.82) is 0 Å². The number of nitrogens with one attached hydrogen (secondary N) is 1. The van der Waals surface area contributed by atoms with E-state index in [9.17, 15) is 0 Å². The molecule has 0 aromatic carbocycles. The molecule has 0 aromatic heterocycles. The topological polar surface area (TPSA) is 30.9 Å². The minimum atomic E-state index is 0. The van der Waals surface area contributed by atoms with Crippen molar-refractivity contribution in [2.24, 2.45) is 16.9 Å². The summed E-state index contributed by atoms with van der Waals surface area (Å²) < 4.78 is 0.895. The predicted octanol–water partition coefficient (Wildman–Crippen LogP) is 3.30. The van der Waals surface area contributed by atoms with Gasteiger partial charge in [0.15, 0.2) is 0 Å². The summed E-state index contributed by atoms with van der Waals surface area (Å²) in [6.07, 6.45) is 5.05. The van der Waals surface area contributed by atoms with Gasteiger partial charge in [0.05, 0.1) is 0 Å². The van der Waals surface area contributed by atoms with E-state index >= 15 is 0 Å². The fourth-order valence-electron chi connectivity index (χ4n) is 3.18. The van der Waals surface area contributed by atoms with Crippen LogP contribution in [0.1, 0.15) is 53.4 Å². The molecule has 0 spiro atoms. The second-order valence-electron chi connectivity index (χ2n) is 6.86. The van der Waals surface area contributed by atoms with Crippen molar-refractivity contribution in [3.05, 3.63) is 0 Å². The van der Waals surface area contributed by atoms with Crippen LogP contribution in [0.25, 0.3) is 0 Å². The van der Waals surface area contributed by atoms with Crippen LogP contribution < -0.4 is 5.43 Å². The zero-order valence-corrected chi connectivity index (χ0v) is 22.1. The van der Waals surface area contributed by atoms with Crippen molar-refractivity contribution in [2.75, 3.05) is 13.1 Å². The third-order valence-electron chi connectivity index (χ3n) is 5.16. The Morgan fingerprint density at radius 1 is 1.04 bits per heavy atom. The van der Waals surface area contributed by atoms with Gasteiger partial charge in [-0.05, 0) is 51.4 Å². The Balaban J connectivity index is 0.000000443. The quantitative estimate of drug-likeness (QED) is 0.160. The summed E-state index contributed by atoms with van der Waals surface area (Å²) in [6.45, 7) is 11.0. The normalized spacial score (nSPS) is 29.6. The molecule has 2 fully saturated rings. The smallest absolute Gasteiger partial charge is 0.787 e. The average Bonchev–Trinajstić information content (AvgIpc) is 2.49. The molecule has 25 heavy (non-hydrogen) atoms. The number of hydrazine groups is 1. The molecule has 1 N–H and O–H groups in total. The van der Waals surface area contributed by atoms with Crippen LogP contribution in [0, 0.1) is 11.8 Å². The van der Waals surface area contributed by atoms with Gasteiger partial charge in [-0.3, -0.25) is 5.01 Å². The van der Waals surface area contributed by atoms with E-state index < -0.39 is 0 Å². The first kappa shape index (κ1) is 25.7. The van der Waals surface area contributed by atoms with Gasteiger partial charge in [0.1, 0.15) is 4.32 Å². The number of hydrogen-bond donors (Lipinski definition) is 2. The largest absolute Gasteiger partial charge is 2.00 e. The van der Waals surface area contributed by atoms with Gasteiger partial charge in [0, 0.05) is 25.2 Å². The molecule has 0 aliphatic carbocycles. The number of thiol groups is 1. The van der Waals surface area contributed by atoms with Crippen molar-refractivity contribution < 1.29 is 19.5 Å². The minimum Gasteiger partial charge on any atom is -0.787 e. The Bertz CT molecular complexity index is 434. The molecule has 2 aliphatic rings. The van der Waals surface area contributed by atoms with Crippen molar-refractivity contribution in [2.45, 2.75) is 65.5 Å². The van der Waals surface area contributed by atoms with Crippen LogP contribution in [-0.2, 0) is 44.7 Å². The molecule has 9 heteroatoms. The Morgan fingerprint density at radius 2 is 1.56 bits per heavy atom.